The van der Waals surface area contributed by atoms with Gasteiger partial charge in [0.1, 0.15) is 0 Å². The summed E-state index contributed by atoms with van der Waals surface area (Å²) in [6.45, 7) is 0. The van der Waals surface area contributed by atoms with Crippen LogP contribution < -0.4 is 4.90 Å². The molecular weight excluding hydrogens is 460 g/mol. The van der Waals surface area contributed by atoms with Crippen LogP contribution in [-0.4, -0.2) is 44.4 Å². The third-order valence-electron chi connectivity index (χ3n) is 6.46. The maximum atomic E-state index is 13.8. The number of carbonyl (C=O) groups excluding carboxylic acids is 2. The van der Waals surface area contributed by atoms with Crippen LogP contribution in [0.4, 0.5) is 5.69 Å². The first-order chi connectivity index (χ1) is 16.8. The second kappa shape index (κ2) is 8.67. The summed E-state index contributed by atoms with van der Waals surface area (Å²) in [4.78, 5) is 28.2. The zero-order chi connectivity index (χ0) is 24.7. The Morgan fingerprint density at radius 1 is 0.743 bits per heavy atom. The first-order valence-corrected chi connectivity index (χ1v) is 12.7. The lowest BCUT2D eigenvalue weighted by Gasteiger charge is -2.33. The smallest absolute Gasteiger partial charge is 0.264 e. The summed E-state index contributed by atoms with van der Waals surface area (Å²) in [7, 11) is -0.159. The van der Waals surface area contributed by atoms with Gasteiger partial charge in [0.05, 0.1) is 16.9 Å². The molecule has 0 bridgehead atoms. The van der Waals surface area contributed by atoms with Crippen molar-refractivity contribution in [1.82, 2.24) is 4.31 Å². The number of ketones is 2. The summed E-state index contributed by atoms with van der Waals surface area (Å²) >= 11 is 0. The Morgan fingerprint density at radius 2 is 1.31 bits per heavy atom. The molecule has 0 spiro atoms. The van der Waals surface area contributed by atoms with Gasteiger partial charge in [-0.1, -0.05) is 60.7 Å². The molecule has 0 saturated heterocycles. The molecular formula is C28H24N2O4S. The van der Waals surface area contributed by atoms with Crippen LogP contribution in [0.5, 0.6) is 0 Å². The molecule has 0 amide bonds. The van der Waals surface area contributed by atoms with Gasteiger partial charge in [-0.05, 0) is 52.6 Å². The summed E-state index contributed by atoms with van der Waals surface area (Å²) in [6, 6.07) is 23.9. The van der Waals surface area contributed by atoms with Crippen molar-refractivity contribution in [3.05, 3.63) is 108 Å². The van der Waals surface area contributed by atoms with Crippen LogP contribution in [0.15, 0.2) is 102 Å². The van der Waals surface area contributed by atoms with Gasteiger partial charge in [-0.2, -0.15) is 0 Å². The van der Waals surface area contributed by atoms with Crippen molar-refractivity contribution in [3.63, 3.8) is 0 Å². The molecule has 3 aromatic rings. The van der Waals surface area contributed by atoms with E-state index >= 15 is 0 Å². The lowest BCUT2D eigenvalue weighted by molar-refractivity contribution is -0.135. The van der Waals surface area contributed by atoms with Crippen LogP contribution in [0.3, 0.4) is 0 Å². The van der Waals surface area contributed by atoms with Crippen LogP contribution in [-0.2, 0) is 19.6 Å². The molecule has 2 unspecified atom stereocenters. The Morgan fingerprint density at radius 3 is 1.91 bits per heavy atom. The van der Waals surface area contributed by atoms with Gasteiger partial charge in [0, 0.05) is 26.0 Å². The summed E-state index contributed by atoms with van der Waals surface area (Å²) in [5.41, 5.74) is 3.39. The zero-order valence-electron chi connectivity index (χ0n) is 19.3. The number of Topliss-reactive ketones (excluding diaryl/α,β-unsaturated/α-hetero) is 1. The number of carbonyl (C=O) groups is 2. The van der Waals surface area contributed by atoms with E-state index in [4.69, 9.17) is 0 Å². The van der Waals surface area contributed by atoms with Crippen molar-refractivity contribution in [2.75, 3.05) is 19.0 Å². The number of anilines is 1. The molecule has 2 aliphatic rings. The number of fused-ring (bicyclic) bond motifs is 1. The first kappa shape index (κ1) is 22.8. The molecule has 0 fully saturated rings. The van der Waals surface area contributed by atoms with Crippen LogP contribution in [0, 0.1) is 5.92 Å². The van der Waals surface area contributed by atoms with E-state index in [1.807, 2.05) is 73.6 Å². The molecule has 6 nitrogen and oxygen atoms in total. The van der Waals surface area contributed by atoms with Crippen molar-refractivity contribution in [1.29, 1.82) is 0 Å². The normalized spacial score (nSPS) is 19.8. The number of nitrogens with zero attached hydrogens (tertiary/aromatic N) is 2. The summed E-state index contributed by atoms with van der Waals surface area (Å²) in [5, 5.41) is 0. The topological polar surface area (TPSA) is 74.8 Å². The van der Waals surface area contributed by atoms with Crippen molar-refractivity contribution in [3.8, 4) is 0 Å². The van der Waals surface area contributed by atoms with Gasteiger partial charge in [0.25, 0.3) is 10.0 Å². The second-order valence-corrected chi connectivity index (χ2v) is 10.6. The standard InChI is InChI=1S/C28H24N2O4S/c1-29(2)21-15-13-20(14-16-21)23-17-25(31)28(32)26-24(19-9-5-3-6-10-19)18-30(27(23)26)35(33,34)22-11-7-4-8-12-22/h3-18,26-27H,1-2H3. The van der Waals surface area contributed by atoms with Gasteiger partial charge in [0.2, 0.25) is 11.6 Å². The van der Waals surface area contributed by atoms with E-state index in [9.17, 15) is 18.0 Å². The van der Waals surface area contributed by atoms with Gasteiger partial charge in [-0.25, -0.2) is 8.42 Å². The monoisotopic (exact) mass is 484 g/mol. The molecule has 2 atom stereocenters. The van der Waals surface area contributed by atoms with Gasteiger partial charge >= 0.3 is 0 Å². The highest BCUT2D eigenvalue weighted by molar-refractivity contribution is 7.89. The zero-order valence-corrected chi connectivity index (χ0v) is 20.1. The Balaban J connectivity index is 1.70. The summed E-state index contributed by atoms with van der Waals surface area (Å²) < 4.78 is 28.9. The Labute approximate surface area is 204 Å². The molecule has 5 rings (SSSR count). The average Bonchev–Trinajstić information content (AvgIpc) is 3.29. The van der Waals surface area contributed by atoms with E-state index < -0.39 is 33.5 Å². The SMILES string of the molecule is CN(C)c1ccc(C2=CC(=O)C(=O)C3C(c4ccccc4)=CN(S(=O)(=O)c4ccccc4)C23)cc1. The van der Waals surface area contributed by atoms with E-state index in [1.54, 1.807) is 18.2 Å². The molecule has 1 aliphatic carbocycles. The van der Waals surface area contributed by atoms with Crippen molar-refractivity contribution in [2.45, 2.75) is 10.9 Å². The lowest BCUT2D eigenvalue weighted by atomic mass is 9.76. The Kier molecular flexibility index (Phi) is 5.65. The second-order valence-electron chi connectivity index (χ2n) is 8.79. The minimum atomic E-state index is -4.01. The fourth-order valence-corrected chi connectivity index (χ4v) is 6.22. The molecule has 0 radical (unpaired) electrons. The van der Waals surface area contributed by atoms with Crippen LogP contribution in [0.25, 0.3) is 11.1 Å². The third kappa shape index (κ3) is 3.88. The predicted molar refractivity (Wildman–Crippen MR) is 136 cm³/mol. The minimum absolute atomic E-state index is 0.121. The van der Waals surface area contributed by atoms with E-state index in [1.165, 1.54) is 28.7 Å². The highest BCUT2D eigenvalue weighted by Gasteiger charge is 2.51. The molecule has 0 N–H and O–H groups in total. The lowest BCUT2D eigenvalue weighted by Crippen LogP contribution is -2.44. The Hall–Kier alpha value is -3.97. The molecule has 0 aromatic heterocycles. The fraction of sp³-hybridized carbons (Fsp3) is 0.143. The predicted octanol–water partition coefficient (Wildman–Crippen LogP) is 4.02. The molecule has 7 heteroatoms. The highest BCUT2D eigenvalue weighted by atomic mass is 32.2. The van der Waals surface area contributed by atoms with Crippen LogP contribution in [0.1, 0.15) is 11.1 Å². The number of hydrogen-bond acceptors (Lipinski definition) is 5. The number of sulfonamides is 1. The number of benzene rings is 3. The van der Waals surface area contributed by atoms with Gasteiger partial charge in [0.15, 0.2) is 0 Å². The van der Waals surface area contributed by atoms with Crippen LogP contribution >= 0.6 is 0 Å². The molecule has 35 heavy (non-hydrogen) atoms. The van der Waals surface area contributed by atoms with E-state index in [-0.39, 0.29) is 4.90 Å². The average molecular weight is 485 g/mol. The molecule has 1 aliphatic heterocycles. The molecule has 176 valence electrons. The van der Waals surface area contributed by atoms with E-state index in [0.717, 1.165) is 5.69 Å². The van der Waals surface area contributed by atoms with Crippen molar-refractivity contribution < 1.29 is 18.0 Å². The first-order valence-electron chi connectivity index (χ1n) is 11.2. The van der Waals surface area contributed by atoms with Crippen molar-refractivity contribution in [2.24, 2.45) is 5.92 Å². The van der Waals surface area contributed by atoms with Gasteiger partial charge in [-0.15, -0.1) is 0 Å². The highest BCUT2D eigenvalue weighted by Crippen LogP contribution is 2.46. The maximum Gasteiger partial charge on any atom is 0.264 e. The molecule has 3 aromatic carbocycles. The number of allylic oxidation sites excluding steroid dienone is 1. The maximum absolute atomic E-state index is 13.8. The minimum Gasteiger partial charge on any atom is -0.378 e. The Bertz CT molecular complexity index is 1460. The molecule has 0 saturated carbocycles. The summed E-state index contributed by atoms with van der Waals surface area (Å²) in [6.07, 6.45) is 2.81. The van der Waals surface area contributed by atoms with Gasteiger partial charge in [-0.3, -0.25) is 13.9 Å². The van der Waals surface area contributed by atoms with E-state index in [0.29, 0.717) is 22.3 Å². The number of hydrogen-bond donors (Lipinski definition) is 0. The third-order valence-corrected chi connectivity index (χ3v) is 8.22. The summed E-state index contributed by atoms with van der Waals surface area (Å²) in [5.74, 6) is -2.17. The number of rotatable bonds is 5. The van der Waals surface area contributed by atoms with Crippen molar-refractivity contribution >= 4 is 38.4 Å². The van der Waals surface area contributed by atoms with Crippen LogP contribution in [0.2, 0.25) is 0 Å². The quantitative estimate of drug-likeness (QED) is 0.512. The molecule has 1 heterocycles. The van der Waals surface area contributed by atoms with Gasteiger partial charge < -0.3 is 4.90 Å². The van der Waals surface area contributed by atoms with E-state index in [2.05, 4.69) is 0 Å². The largest absolute Gasteiger partial charge is 0.378 e. The fourth-order valence-electron chi connectivity index (χ4n) is 4.69.